The van der Waals surface area contributed by atoms with Gasteiger partial charge in [0.05, 0.1) is 30.8 Å². The summed E-state index contributed by atoms with van der Waals surface area (Å²) in [6.07, 6.45) is 5.59. The zero-order valence-corrected chi connectivity index (χ0v) is 34.3. The SMILES string of the molecule is CC(=O)N1CCN(C(=O)/C=C/c2ccc(Sc3ccc(/C=C/C(=O)N4CCN(C(C)=O)CC4)c(-c4ccccc4Cl)c3[N+](=O)[O-])c([N+](=O)[O-])c2-c2ccccc2Cl)CC1. The highest BCUT2D eigenvalue weighted by atomic mass is 35.5. The van der Waals surface area contributed by atoms with E-state index in [0.29, 0.717) is 74.6 Å². The molecule has 2 aliphatic heterocycles. The summed E-state index contributed by atoms with van der Waals surface area (Å²) < 4.78 is 0. The van der Waals surface area contributed by atoms with Crippen LogP contribution in [0.25, 0.3) is 34.4 Å². The lowest BCUT2D eigenvalue weighted by molar-refractivity contribution is -0.387. The molecule has 17 heteroatoms. The molecule has 4 amide bonds. The van der Waals surface area contributed by atoms with E-state index in [-0.39, 0.29) is 66.0 Å². The fourth-order valence-corrected chi connectivity index (χ4v) is 8.53. The minimum absolute atomic E-state index is 0.0603. The van der Waals surface area contributed by atoms with Gasteiger partial charge in [-0.1, -0.05) is 83.5 Å². The molecule has 304 valence electrons. The molecule has 0 unspecified atom stereocenters. The molecule has 4 aromatic carbocycles. The van der Waals surface area contributed by atoms with Crippen LogP contribution in [-0.2, 0) is 19.2 Å². The van der Waals surface area contributed by atoms with Crippen molar-refractivity contribution in [3.63, 3.8) is 0 Å². The smallest absolute Gasteiger partial charge is 0.291 e. The number of benzene rings is 4. The number of nitrogens with zero attached hydrogens (tertiary/aromatic N) is 6. The number of carbonyl (C=O) groups is 4. The molecule has 2 aliphatic rings. The van der Waals surface area contributed by atoms with E-state index >= 15 is 0 Å². The predicted molar refractivity (Wildman–Crippen MR) is 227 cm³/mol. The van der Waals surface area contributed by atoms with Gasteiger partial charge in [0, 0.05) is 99.5 Å². The summed E-state index contributed by atoms with van der Waals surface area (Å²) in [6.45, 7) is 5.80. The van der Waals surface area contributed by atoms with Crippen molar-refractivity contribution in [2.24, 2.45) is 0 Å². The first-order valence-electron chi connectivity index (χ1n) is 18.5. The first kappa shape index (κ1) is 42.6. The van der Waals surface area contributed by atoms with E-state index < -0.39 is 9.85 Å². The summed E-state index contributed by atoms with van der Waals surface area (Å²) in [5.74, 6) is -0.836. The Morgan fingerprint density at radius 3 is 1.22 bits per heavy atom. The molecule has 0 atom stereocenters. The Bertz CT molecular complexity index is 2240. The second kappa shape index (κ2) is 18.7. The third-order valence-electron chi connectivity index (χ3n) is 10.1. The first-order chi connectivity index (χ1) is 28.2. The van der Waals surface area contributed by atoms with E-state index in [0.717, 1.165) is 11.8 Å². The molecule has 0 aliphatic carbocycles. The highest BCUT2D eigenvalue weighted by molar-refractivity contribution is 7.99. The molecule has 0 bridgehead atoms. The van der Waals surface area contributed by atoms with E-state index in [1.54, 1.807) is 80.3 Å². The molecule has 0 radical (unpaired) electrons. The summed E-state index contributed by atoms with van der Waals surface area (Å²) in [5, 5.41) is 26.6. The van der Waals surface area contributed by atoms with Gasteiger partial charge in [0.25, 0.3) is 11.4 Å². The Hall–Kier alpha value is -6.03. The molecule has 2 fully saturated rings. The van der Waals surface area contributed by atoms with Gasteiger partial charge < -0.3 is 19.6 Å². The van der Waals surface area contributed by atoms with Crippen molar-refractivity contribution in [2.45, 2.75) is 23.6 Å². The number of nitro benzene ring substituents is 2. The molecule has 6 rings (SSSR count). The van der Waals surface area contributed by atoms with Gasteiger partial charge in [-0.25, -0.2) is 0 Å². The average Bonchev–Trinajstić information content (AvgIpc) is 3.22. The van der Waals surface area contributed by atoms with Crippen molar-refractivity contribution in [2.75, 3.05) is 52.4 Å². The van der Waals surface area contributed by atoms with Crippen LogP contribution in [0.15, 0.2) is 94.7 Å². The highest BCUT2D eigenvalue weighted by Gasteiger charge is 2.31. The van der Waals surface area contributed by atoms with Gasteiger partial charge in [0.1, 0.15) is 0 Å². The van der Waals surface area contributed by atoms with Gasteiger partial charge in [0.2, 0.25) is 23.6 Å². The van der Waals surface area contributed by atoms with Gasteiger partial charge >= 0.3 is 0 Å². The Kier molecular flexibility index (Phi) is 13.5. The fourth-order valence-electron chi connectivity index (χ4n) is 7.01. The number of halogens is 2. The second-order valence-corrected chi connectivity index (χ2v) is 15.6. The van der Waals surface area contributed by atoms with E-state index in [4.69, 9.17) is 23.2 Å². The lowest BCUT2D eigenvalue weighted by Gasteiger charge is -2.33. The van der Waals surface area contributed by atoms with E-state index in [2.05, 4.69) is 0 Å². The van der Waals surface area contributed by atoms with Crippen molar-refractivity contribution in [3.8, 4) is 22.3 Å². The van der Waals surface area contributed by atoms with Crippen LogP contribution < -0.4 is 0 Å². The predicted octanol–water partition coefficient (Wildman–Crippen LogP) is 7.70. The van der Waals surface area contributed by atoms with Gasteiger partial charge in [-0.3, -0.25) is 39.4 Å². The zero-order valence-electron chi connectivity index (χ0n) is 32.0. The van der Waals surface area contributed by atoms with Crippen molar-refractivity contribution < 1.29 is 29.0 Å². The molecule has 0 spiro atoms. The van der Waals surface area contributed by atoms with Crippen LogP contribution >= 0.6 is 35.0 Å². The molecular weight excluding hydrogens is 819 g/mol. The Morgan fingerprint density at radius 2 is 0.898 bits per heavy atom. The minimum Gasteiger partial charge on any atom is -0.339 e. The number of hydrogen-bond acceptors (Lipinski definition) is 9. The van der Waals surface area contributed by atoms with Gasteiger partial charge in [0.15, 0.2) is 0 Å². The molecule has 0 aromatic heterocycles. The second-order valence-electron chi connectivity index (χ2n) is 13.7. The van der Waals surface area contributed by atoms with Crippen molar-refractivity contribution in [3.05, 3.63) is 126 Å². The summed E-state index contributed by atoms with van der Waals surface area (Å²) in [4.78, 5) is 81.6. The van der Waals surface area contributed by atoms with Crippen LogP contribution in [0.2, 0.25) is 10.0 Å². The van der Waals surface area contributed by atoms with E-state index in [1.807, 2.05) is 0 Å². The average molecular weight is 858 g/mol. The van der Waals surface area contributed by atoms with Gasteiger partial charge in [-0.2, -0.15) is 0 Å². The molecule has 2 heterocycles. The van der Waals surface area contributed by atoms with Gasteiger partial charge in [-0.05, 0) is 47.5 Å². The maximum atomic E-state index is 13.2. The number of carbonyl (C=O) groups excluding carboxylic acids is 4. The van der Waals surface area contributed by atoms with Crippen molar-refractivity contribution >= 4 is 82.1 Å². The summed E-state index contributed by atoms with van der Waals surface area (Å²) >= 11 is 14.1. The summed E-state index contributed by atoms with van der Waals surface area (Å²) in [5.41, 5.74) is 0.670. The maximum Gasteiger partial charge on any atom is 0.291 e. The number of piperazine rings is 2. The van der Waals surface area contributed by atoms with E-state index in [9.17, 15) is 39.4 Å². The lowest BCUT2D eigenvalue weighted by Crippen LogP contribution is -2.49. The van der Waals surface area contributed by atoms with Crippen LogP contribution in [0, 0.1) is 20.2 Å². The topological polar surface area (TPSA) is 168 Å². The monoisotopic (exact) mass is 856 g/mol. The lowest BCUT2D eigenvalue weighted by atomic mass is 9.97. The largest absolute Gasteiger partial charge is 0.339 e. The molecule has 0 N–H and O–H groups in total. The van der Waals surface area contributed by atoms with Crippen LogP contribution in [0.4, 0.5) is 11.4 Å². The standard InChI is InChI=1S/C42H38Cl2N6O8S/c1-27(51)45-19-23-47(24-20-45)37(53)17-13-29-11-15-35(41(49(55)56)39(29)31-7-3-5-9-33(31)43)59-36-16-12-30(14-18-38(54)48-25-21-46(22-26-48)28(2)52)40(42(36)50(57)58)32-8-4-6-10-34(32)44/h3-18H,19-26H2,1-2H3/b17-13+,18-14+. The van der Waals surface area contributed by atoms with Crippen LogP contribution in [0.1, 0.15) is 25.0 Å². The highest BCUT2D eigenvalue weighted by Crippen LogP contribution is 2.50. The molecule has 2 saturated heterocycles. The van der Waals surface area contributed by atoms with E-state index in [1.165, 1.54) is 50.3 Å². The maximum absolute atomic E-state index is 13.2. The number of amides is 4. The Morgan fingerprint density at radius 1 is 0.559 bits per heavy atom. The Labute approximate surface area is 354 Å². The fraction of sp³-hybridized carbons (Fsp3) is 0.238. The molecule has 0 saturated carbocycles. The number of hydrogen-bond donors (Lipinski definition) is 0. The van der Waals surface area contributed by atoms with Crippen LogP contribution in [0.5, 0.6) is 0 Å². The minimum atomic E-state index is -0.582. The Balaban J connectivity index is 1.42. The van der Waals surface area contributed by atoms with Crippen LogP contribution in [-0.4, -0.2) is 105 Å². The van der Waals surface area contributed by atoms with Crippen molar-refractivity contribution in [1.29, 1.82) is 0 Å². The molecule has 4 aromatic rings. The number of rotatable bonds is 10. The third kappa shape index (κ3) is 9.65. The van der Waals surface area contributed by atoms with Crippen LogP contribution in [0.3, 0.4) is 0 Å². The van der Waals surface area contributed by atoms with Gasteiger partial charge in [-0.15, -0.1) is 0 Å². The molecule has 59 heavy (non-hydrogen) atoms. The molecular formula is C42H38Cl2N6O8S. The third-order valence-corrected chi connectivity index (χ3v) is 11.9. The normalized spacial score (nSPS) is 14.6. The quantitative estimate of drug-likeness (QED) is 0.0882. The number of nitro groups is 2. The molecule has 14 nitrogen and oxygen atoms in total. The summed E-state index contributed by atoms with van der Waals surface area (Å²) in [6, 6.07) is 19.2. The summed E-state index contributed by atoms with van der Waals surface area (Å²) in [7, 11) is 0. The van der Waals surface area contributed by atoms with Crippen molar-refractivity contribution in [1.82, 2.24) is 19.6 Å². The first-order valence-corrected chi connectivity index (χ1v) is 20.1. The zero-order chi connectivity index (χ0) is 42.4.